The third-order valence-electron chi connectivity index (χ3n) is 3.98. The first-order chi connectivity index (χ1) is 10.1. The van der Waals surface area contributed by atoms with Crippen molar-refractivity contribution in [2.75, 3.05) is 0 Å². The van der Waals surface area contributed by atoms with Gasteiger partial charge >= 0.3 is 0 Å². The quantitative estimate of drug-likeness (QED) is 0.343. The van der Waals surface area contributed by atoms with Gasteiger partial charge in [0.15, 0.2) is 0 Å². The van der Waals surface area contributed by atoms with Gasteiger partial charge in [0, 0.05) is 0 Å². The summed E-state index contributed by atoms with van der Waals surface area (Å²) < 4.78 is 0. The molecule has 0 fully saturated rings. The predicted octanol–water partition coefficient (Wildman–Crippen LogP) is 6.70. The fraction of sp³-hybridized carbons (Fsp3) is 0.429. The van der Waals surface area contributed by atoms with Crippen molar-refractivity contribution in [3.05, 3.63) is 71.9 Å². The van der Waals surface area contributed by atoms with Crippen molar-refractivity contribution >= 4 is 0 Å². The van der Waals surface area contributed by atoms with E-state index in [0.29, 0.717) is 5.92 Å². The maximum Gasteiger partial charge on any atom is -0.00280 e. The molecule has 0 aromatic heterocycles. The molecule has 0 N–H and O–H groups in total. The van der Waals surface area contributed by atoms with Crippen molar-refractivity contribution in [3.63, 3.8) is 0 Å². The zero-order chi connectivity index (χ0) is 15.7. The minimum atomic E-state index is 0.451. The van der Waals surface area contributed by atoms with Crippen LogP contribution in [-0.2, 0) is 0 Å². The van der Waals surface area contributed by atoms with Gasteiger partial charge in [0.25, 0.3) is 0 Å². The van der Waals surface area contributed by atoms with Gasteiger partial charge in [-0.25, -0.2) is 0 Å². The lowest BCUT2D eigenvalue weighted by Gasteiger charge is -2.10. The van der Waals surface area contributed by atoms with E-state index in [0.717, 1.165) is 18.4 Å². The topological polar surface area (TPSA) is 0 Å². The monoisotopic (exact) mass is 282 g/mol. The van der Waals surface area contributed by atoms with E-state index in [-0.39, 0.29) is 0 Å². The Morgan fingerprint density at radius 1 is 1.33 bits per heavy atom. The summed E-state index contributed by atoms with van der Waals surface area (Å²) >= 11 is 0. The van der Waals surface area contributed by atoms with E-state index in [2.05, 4.69) is 70.4 Å². The van der Waals surface area contributed by atoms with Gasteiger partial charge < -0.3 is 0 Å². The molecule has 114 valence electrons. The van der Waals surface area contributed by atoms with Gasteiger partial charge in [0.05, 0.1) is 0 Å². The predicted molar refractivity (Wildman–Crippen MR) is 96.3 cm³/mol. The van der Waals surface area contributed by atoms with Crippen LogP contribution in [0.5, 0.6) is 0 Å². The van der Waals surface area contributed by atoms with Crippen LogP contribution in [0.15, 0.2) is 71.9 Å². The standard InChI is InChI=1S/C21H30/c1-6-8-11-19-12-9-10-13-21(16-19)18(5)14-15-20(7-2)17(3)4/h9-10,13-16,20H,3,5-8,11-12H2,1-2,4H3. The smallest absolute Gasteiger partial charge is 0.00280 e. The second-order valence-electron chi connectivity index (χ2n) is 5.91. The lowest BCUT2D eigenvalue weighted by Crippen LogP contribution is -1.95. The first-order valence-electron chi connectivity index (χ1n) is 8.17. The summed E-state index contributed by atoms with van der Waals surface area (Å²) in [5, 5.41) is 0. The summed E-state index contributed by atoms with van der Waals surface area (Å²) in [6.07, 6.45) is 19.2. The minimum absolute atomic E-state index is 0.451. The maximum absolute atomic E-state index is 4.24. The fourth-order valence-corrected chi connectivity index (χ4v) is 2.47. The number of unbranched alkanes of at least 4 members (excludes halogenated alkanes) is 1. The summed E-state index contributed by atoms with van der Waals surface area (Å²) in [7, 11) is 0. The Morgan fingerprint density at radius 2 is 2.10 bits per heavy atom. The highest BCUT2D eigenvalue weighted by Crippen LogP contribution is 2.23. The summed E-state index contributed by atoms with van der Waals surface area (Å²) in [4.78, 5) is 0. The van der Waals surface area contributed by atoms with Crippen LogP contribution in [0.3, 0.4) is 0 Å². The van der Waals surface area contributed by atoms with Crippen LogP contribution in [0.4, 0.5) is 0 Å². The highest BCUT2D eigenvalue weighted by Gasteiger charge is 2.05. The lowest BCUT2D eigenvalue weighted by molar-refractivity contribution is 0.729. The molecule has 0 aromatic carbocycles. The normalized spacial score (nSPS) is 16.3. The Hall–Kier alpha value is -1.56. The number of hydrogen-bond donors (Lipinski definition) is 0. The van der Waals surface area contributed by atoms with Crippen molar-refractivity contribution < 1.29 is 0 Å². The maximum atomic E-state index is 4.24. The number of hydrogen-bond acceptors (Lipinski definition) is 0. The molecule has 21 heavy (non-hydrogen) atoms. The van der Waals surface area contributed by atoms with Crippen LogP contribution in [0.25, 0.3) is 0 Å². The lowest BCUT2D eigenvalue weighted by atomic mass is 9.95. The number of allylic oxidation sites excluding steroid dienone is 10. The molecule has 0 aliphatic heterocycles. The van der Waals surface area contributed by atoms with Crippen LogP contribution >= 0.6 is 0 Å². The molecule has 0 heterocycles. The zero-order valence-corrected chi connectivity index (χ0v) is 14.0. The van der Waals surface area contributed by atoms with Crippen molar-refractivity contribution in [3.8, 4) is 0 Å². The van der Waals surface area contributed by atoms with E-state index in [9.17, 15) is 0 Å². The highest BCUT2D eigenvalue weighted by molar-refractivity contribution is 5.49. The van der Waals surface area contributed by atoms with Crippen LogP contribution < -0.4 is 0 Å². The Bertz CT molecular complexity index is 480. The summed E-state index contributed by atoms with van der Waals surface area (Å²) in [6, 6.07) is 0. The highest BCUT2D eigenvalue weighted by atomic mass is 14.1. The van der Waals surface area contributed by atoms with Gasteiger partial charge in [0.1, 0.15) is 0 Å². The van der Waals surface area contributed by atoms with Crippen LogP contribution in [0.2, 0.25) is 0 Å². The Balaban J connectivity index is 2.79. The Morgan fingerprint density at radius 3 is 2.71 bits per heavy atom. The molecule has 1 unspecified atom stereocenters. The fourth-order valence-electron chi connectivity index (χ4n) is 2.47. The molecule has 0 amide bonds. The van der Waals surface area contributed by atoms with Crippen molar-refractivity contribution in [1.29, 1.82) is 0 Å². The van der Waals surface area contributed by atoms with Gasteiger partial charge in [-0.1, -0.05) is 81.0 Å². The number of rotatable bonds is 8. The van der Waals surface area contributed by atoms with Gasteiger partial charge in [-0.2, -0.15) is 0 Å². The van der Waals surface area contributed by atoms with Crippen molar-refractivity contribution in [1.82, 2.24) is 0 Å². The molecule has 0 spiro atoms. The SMILES string of the molecule is C=C(C=CC(CC)C(=C)C)C1=CC=CCC(CCCC)=C1. The minimum Gasteiger partial charge on any atom is -0.0995 e. The molecule has 1 aliphatic rings. The molecule has 0 nitrogen and oxygen atoms in total. The molecular weight excluding hydrogens is 252 g/mol. The molecule has 0 saturated carbocycles. The van der Waals surface area contributed by atoms with Gasteiger partial charge in [-0.05, 0) is 49.7 Å². The van der Waals surface area contributed by atoms with E-state index in [1.807, 2.05) is 0 Å². The zero-order valence-electron chi connectivity index (χ0n) is 14.0. The molecular formula is C21H30. The van der Waals surface area contributed by atoms with Gasteiger partial charge in [-0.15, -0.1) is 0 Å². The second kappa shape index (κ2) is 9.39. The van der Waals surface area contributed by atoms with Gasteiger partial charge in [0.2, 0.25) is 0 Å². The van der Waals surface area contributed by atoms with Crippen molar-refractivity contribution in [2.45, 2.75) is 52.9 Å². The molecule has 0 bridgehead atoms. The molecule has 0 radical (unpaired) electrons. The summed E-state index contributed by atoms with van der Waals surface area (Å²) in [5.74, 6) is 0.451. The van der Waals surface area contributed by atoms with E-state index < -0.39 is 0 Å². The van der Waals surface area contributed by atoms with Crippen LogP contribution in [0, 0.1) is 5.92 Å². The Labute approximate surface area is 131 Å². The average Bonchev–Trinajstić information content (AvgIpc) is 2.70. The summed E-state index contributed by atoms with van der Waals surface area (Å²) in [5.41, 5.74) is 5.06. The van der Waals surface area contributed by atoms with Crippen molar-refractivity contribution in [2.24, 2.45) is 5.92 Å². The molecule has 1 aliphatic carbocycles. The molecule has 1 atom stereocenters. The van der Waals surface area contributed by atoms with Gasteiger partial charge in [-0.3, -0.25) is 0 Å². The Kier molecular flexibility index (Phi) is 7.82. The third-order valence-corrected chi connectivity index (χ3v) is 3.98. The molecule has 0 saturated heterocycles. The molecule has 0 heteroatoms. The first-order valence-corrected chi connectivity index (χ1v) is 8.17. The van der Waals surface area contributed by atoms with E-state index in [4.69, 9.17) is 0 Å². The van der Waals surface area contributed by atoms with Crippen LogP contribution in [0.1, 0.15) is 52.9 Å². The van der Waals surface area contributed by atoms with Crippen LogP contribution in [-0.4, -0.2) is 0 Å². The second-order valence-corrected chi connectivity index (χ2v) is 5.91. The largest absolute Gasteiger partial charge is 0.0995 e. The molecule has 1 rings (SSSR count). The molecule has 0 aromatic rings. The first kappa shape index (κ1) is 17.5. The van der Waals surface area contributed by atoms with E-state index in [1.165, 1.54) is 36.0 Å². The third kappa shape index (κ3) is 6.16. The summed E-state index contributed by atoms with van der Waals surface area (Å²) in [6.45, 7) is 14.8. The average molecular weight is 282 g/mol. The van der Waals surface area contributed by atoms with E-state index >= 15 is 0 Å². The van der Waals surface area contributed by atoms with E-state index in [1.54, 1.807) is 0 Å².